The van der Waals surface area contributed by atoms with Gasteiger partial charge in [0.05, 0.1) is 0 Å². The van der Waals surface area contributed by atoms with E-state index in [0.717, 1.165) is 5.92 Å². The van der Waals surface area contributed by atoms with E-state index in [4.69, 9.17) is 0 Å². The van der Waals surface area contributed by atoms with E-state index in [0.29, 0.717) is 5.41 Å². The van der Waals surface area contributed by atoms with Crippen LogP contribution in [-0.4, -0.2) is 13.1 Å². The van der Waals surface area contributed by atoms with Crippen LogP contribution in [0.5, 0.6) is 0 Å². The van der Waals surface area contributed by atoms with Gasteiger partial charge in [0.25, 0.3) is 0 Å². The van der Waals surface area contributed by atoms with Crippen molar-refractivity contribution in [3.05, 3.63) is 0 Å². The molecule has 1 atom stereocenters. The Morgan fingerprint density at radius 3 is 2.20 bits per heavy atom. The highest BCUT2D eigenvalue weighted by atomic mass is 14.8. The predicted molar refractivity (Wildman–Crippen MR) is 70.2 cm³/mol. The zero-order valence-corrected chi connectivity index (χ0v) is 11.5. The van der Waals surface area contributed by atoms with Crippen molar-refractivity contribution in [3.8, 4) is 0 Å². The normalized spacial score (nSPS) is 15.6. The van der Waals surface area contributed by atoms with Crippen LogP contribution in [0.4, 0.5) is 0 Å². The van der Waals surface area contributed by atoms with Crippen LogP contribution in [0, 0.1) is 11.3 Å². The van der Waals surface area contributed by atoms with Gasteiger partial charge in [-0.05, 0) is 43.7 Å². The molecule has 0 aliphatic heterocycles. The molecule has 0 aliphatic carbocycles. The standard InChI is InChI=1S/C14H31N/c1-6-11-15-12-9-8-10-14(5,7-2)13(3)4/h13,15H,6-12H2,1-5H3. The highest BCUT2D eigenvalue weighted by Gasteiger charge is 2.25. The van der Waals surface area contributed by atoms with Crippen molar-refractivity contribution in [3.63, 3.8) is 0 Å². The molecule has 1 N–H and O–H groups in total. The maximum Gasteiger partial charge on any atom is -0.00489 e. The SMILES string of the molecule is CCCNCCCCC(C)(CC)C(C)C. The summed E-state index contributed by atoms with van der Waals surface area (Å²) in [7, 11) is 0. The molecule has 0 fully saturated rings. The van der Waals surface area contributed by atoms with E-state index in [1.54, 1.807) is 0 Å². The maximum atomic E-state index is 3.47. The minimum absolute atomic E-state index is 0.560. The van der Waals surface area contributed by atoms with E-state index in [-0.39, 0.29) is 0 Å². The second-order valence-electron chi connectivity index (χ2n) is 5.37. The molecule has 0 rings (SSSR count). The molecule has 1 nitrogen and oxygen atoms in total. The third-order valence-electron chi connectivity index (χ3n) is 3.98. The van der Waals surface area contributed by atoms with Crippen molar-refractivity contribution in [2.45, 2.75) is 66.7 Å². The summed E-state index contributed by atoms with van der Waals surface area (Å²) < 4.78 is 0. The summed E-state index contributed by atoms with van der Waals surface area (Å²) in [4.78, 5) is 0. The van der Waals surface area contributed by atoms with Crippen molar-refractivity contribution in [1.29, 1.82) is 0 Å². The number of rotatable bonds is 9. The average molecular weight is 213 g/mol. The Labute approximate surface area is 97.0 Å². The molecule has 0 aliphatic rings. The van der Waals surface area contributed by atoms with Gasteiger partial charge < -0.3 is 5.32 Å². The number of unbranched alkanes of at least 4 members (excludes halogenated alkanes) is 1. The minimum Gasteiger partial charge on any atom is -0.317 e. The first kappa shape index (κ1) is 15.0. The van der Waals surface area contributed by atoms with Gasteiger partial charge in [-0.25, -0.2) is 0 Å². The van der Waals surface area contributed by atoms with Crippen LogP contribution in [0.3, 0.4) is 0 Å². The van der Waals surface area contributed by atoms with Gasteiger partial charge in [0.15, 0.2) is 0 Å². The number of nitrogens with one attached hydrogen (secondary N) is 1. The fraction of sp³-hybridized carbons (Fsp3) is 1.00. The third kappa shape index (κ3) is 6.19. The van der Waals surface area contributed by atoms with Crippen molar-refractivity contribution < 1.29 is 0 Å². The molecule has 0 aromatic carbocycles. The molecule has 1 unspecified atom stereocenters. The highest BCUT2D eigenvalue weighted by molar-refractivity contribution is 4.76. The van der Waals surface area contributed by atoms with E-state index in [2.05, 4.69) is 39.9 Å². The Kier molecular flexibility index (Phi) is 8.13. The molecule has 15 heavy (non-hydrogen) atoms. The van der Waals surface area contributed by atoms with Crippen LogP contribution in [0.2, 0.25) is 0 Å². The monoisotopic (exact) mass is 213 g/mol. The summed E-state index contributed by atoms with van der Waals surface area (Å²) in [6.45, 7) is 14.1. The fourth-order valence-corrected chi connectivity index (χ4v) is 1.95. The molecule has 92 valence electrons. The Morgan fingerprint density at radius 2 is 1.73 bits per heavy atom. The Hall–Kier alpha value is -0.0400. The van der Waals surface area contributed by atoms with Gasteiger partial charge in [0, 0.05) is 0 Å². The van der Waals surface area contributed by atoms with E-state index >= 15 is 0 Å². The lowest BCUT2D eigenvalue weighted by Crippen LogP contribution is -2.23. The molecule has 0 radical (unpaired) electrons. The van der Waals surface area contributed by atoms with Crippen molar-refractivity contribution in [1.82, 2.24) is 5.32 Å². The lowest BCUT2D eigenvalue weighted by atomic mass is 9.73. The topological polar surface area (TPSA) is 12.0 Å². The quantitative estimate of drug-likeness (QED) is 0.565. The van der Waals surface area contributed by atoms with E-state index in [9.17, 15) is 0 Å². The smallest absolute Gasteiger partial charge is 0.00489 e. The summed E-state index contributed by atoms with van der Waals surface area (Å²) in [5.41, 5.74) is 0.560. The molecule has 0 amide bonds. The highest BCUT2D eigenvalue weighted by Crippen LogP contribution is 2.35. The van der Waals surface area contributed by atoms with Gasteiger partial charge in [-0.3, -0.25) is 0 Å². The first-order valence-corrected chi connectivity index (χ1v) is 6.77. The van der Waals surface area contributed by atoms with E-state index in [1.165, 1.54) is 45.2 Å². The van der Waals surface area contributed by atoms with E-state index < -0.39 is 0 Å². The first-order chi connectivity index (χ1) is 7.06. The molecule has 0 saturated heterocycles. The van der Waals surface area contributed by atoms with E-state index in [1.807, 2.05) is 0 Å². The third-order valence-corrected chi connectivity index (χ3v) is 3.98. The number of hydrogen-bond donors (Lipinski definition) is 1. The Bertz CT molecular complexity index is 142. The summed E-state index contributed by atoms with van der Waals surface area (Å²) in [6.07, 6.45) is 6.66. The first-order valence-electron chi connectivity index (χ1n) is 6.77. The molecular weight excluding hydrogens is 182 g/mol. The molecule has 1 heteroatoms. The Balaban J connectivity index is 3.55. The van der Waals surface area contributed by atoms with Gasteiger partial charge in [-0.1, -0.05) is 47.5 Å². The summed E-state index contributed by atoms with van der Waals surface area (Å²) >= 11 is 0. The van der Waals surface area contributed by atoms with Crippen molar-refractivity contribution in [2.75, 3.05) is 13.1 Å². The van der Waals surface area contributed by atoms with Crippen LogP contribution in [0.15, 0.2) is 0 Å². The van der Waals surface area contributed by atoms with Gasteiger partial charge in [-0.15, -0.1) is 0 Å². The second kappa shape index (κ2) is 8.15. The average Bonchev–Trinajstić information content (AvgIpc) is 2.22. The molecule has 0 aromatic rings. The molecule has 0 bridgehead atoms. The lowest BCUT2D eigenvalue weighted by Gasteiger charge is -2.32. The second-order valence-corrected chi connectivity index (χ2v) is 5.37. The largest absolute Gasteiger partial charge is 0.317 e. The van der Waals surface area contributed by atoms with Gasteiger partial charge in [-0.2, -0.15) is 0 Å². The van der Waals surface area contributed by atoms with Crippen LogP contribution >= 0.6 is 0 Å². The lowest BCUT2D eigenvalue weighted by molar-refractivity contribution is 0.184. The maximum absolute atomic E-state index is 3.47. The van der Waals surface area contributed by atoms with Crippen molar-refractivity contribution >= 4 is 0 Å². The van der Waals surface area contributed by atoms with Crippen LogP contribution in [-0.2, 0) is 0 Å². The van der Waals surface area contributed by atoms with Crippen molar-refractivity contribution in [2.24, 2.45) is 11.3 Å². The summed E-state index contributed by atoms with van der Waals surface area (Å²) in [5, 5.41) is 3.47. The van der Waals surface area contributed by atoms with Crippen LogP contribution in [0.25, 0.3) is 0 Å². The molecule has 0 heterocycles. The zero-order valence-electron chi connectivity index (χ0n) is 11.5. The van der Waals surface area contributed by atoms with Gasteiger partial charge in [0.1, 0.15) is 0 Å². The molecule has 0 spiro atoms. The zero-order chi connectivity index (χ0) is 11.7. The van der Waals surface area contributed by atoms with Gasteiger partial charge in [0.2, 0.25) is 0 Å². The molecule has 0 aromatic heterocycles. The Morgan fingerprint density at radius 1 is 1.07 bits per heavy atom. The van der Waals surface area contributed by atoms with Gasteiger partial charge >= 0.3 is 0 Å². The molecule has 0 saturated carbocycles. The van der Waals surface area contributed by atoms with Crippen LogP contribution < -0.4 is 5.32 Å². The number of hydrogen-bond acceptors (Lipinski definition) is 1. The predicted octanol–water partition coefficient (Wildman–Crippen LogP) is 4.23. The minimum atomic E-state index is 0.560. The summed E-state index contributed by atoms with van der Waals surface area (Å²) in [5.74, 6) is 0.811. The summed E-state index contributed by atoms with van der Waals surface area (Å²) in [6, 6.07) is 0. The fourth-order valence-electron chi connectivity index (χ4n) is 1.95. The molecular formula is C14H31N. The van der Waals surface area contributed by atoms with Crippen LogP contribution in [0.1, 0.15) is 66.7 Å².